The molecule has 1 aromatic carbocycles. The molecule has 7 heteroatoms. The number of benzene rings is 1. The van der Waals surface area contributed by atoms with Crippen LogP contribution in [0, 0.1) is 5.82 Å². The number of hydrogen-bond donors (Lipinski definition) is 0. The number of likely N-dealkylation sites (tertiary alicyclic amines) is 1. The zero-order chi connectivity index (χ0) is 18.7. The van der Waals surface area contributed by atoms with Gasteiger partial charge in [0.15, 0.2) is 0 Å². The summed E-state index contributed by atoms with van der Waals surface area (Å²) in [4.78, 5) is 4.39. The molecule has 26 heavy (non-hydrogen) atoms. The van der Waals surface area contributed by atoms with E-state index in [1.165, 1.54) is 6.07 Å². The molecule has 2 aromatic rings. The zero-order valence-electron chi connectivity index (χ0n) is 16.1. The van der Waals surface area contributed by atoms with Crippen molar-refractivity contribution in [2.75, 3.05) is 34.3 Å². The first-order chi connectivity index (χ1) is 12.5. The second-order valence-corrected chi connectivity index (χ2v) is 7.30. The summed E-state index contributed by atoms with van der Waals surface area (Å²) in [6.07, 6.45) is 2.16. The number of halogens is 1. The molecule has 3 rings (SSSR count). The van der Waals surface area contributed by atoms with Gasteiger partial charge in [-0.25, -0.2) is 4.39 Å². The van der Waals surface area contributed by atoms with Crippen LogP contribution in [0.4, 0.5) is 4.39 Å². The highest BCUT2D eigenvalue weighted by atomic mass is 19.1. The molecule has 1 aliphatic heterocycles. The molecular weight excluding hydrogens is 333 g/mol. The lowest BCUT2D eigenvalue weighted by molar-refractivity contribution is 0.192. The maximum absolute atomic E-state index is 14.2. The van der Waals surface area contributed by atoms with Gasteiger partial charge in [0, 0.05) is 31.6 Å². The Morgan fingerprint density at radius 1 is 1.31 bits per heavy atom. The summed E-state index contributed by atoms with van der Waals surface area (Å²) in [5, 5.41) is 8.80. The molecule has 1 saturated heterocycles. The highest BCUT2D eigenvalue weighted by Crippen LogP contribution is 2.28. The lowest BCUT2D eigenvalue weighted by atomic mass is 9.96. The maximum Gasteiger partial charge on any atom is 0.146 e. The van der Waals surface area contributed by atoms with Gasteiger partial charge < -0.3 is 14.2 Å². The molecule has 1 aliphatic rings. The molecule has 0 N–H and O–H groups in total. The van der Waals surface area contributed by atoms with Crippen LogP contribution in [-0.4, -0.2) is 58.9 Å². The standard InChI is InChI=1S/C19H28FN5O/c1-23(2)13-18-21-22-19(24(18)3)14-6-5-9-25(11-14)12-15-10-16(26-4)7-8-17(15)20/h7-8,10,14H,5-6,9,11-13H2,1-4H3/t14-/m0/s1. The summed E-state index contributed by atoms with van der Waals surface area (Å²) in [5.74, 6) is 2.83. The highest BCUT2D eigenvalue weighted by molar-refractivity contribution is 5.29. The van der Waals surface area contributed by atoms with E-state index < -0.39 is 0 Å². The Morgan fingerprint density at radius 2 is 2.12 bits per heavy atom. The second-order valence-electron chi connectivity index (χ2n) is 7.30. The molecule has 0 radical (unpaired) electrons. The minimum atomic E-state index is -0.181. The topological polar surface area (TPSA) is 46.4 Å². The van der Waals surface area contributed by atoms with E-state index in [4.69, 9.17) is 4.74 Å². The number of rotatable bonds is 6. The summed E-state index contributed by atoms with van der Waals surface area (Å²) in [6.45, 7) is 3.19. The van der Waals surface area contributed by atoms with Gasteiger partial charge in [-0.2, -0.15) is 0 Å². The Hall–Kier alpha value is -1.99. The van der Waals surface area contributed by atoms with Crippen molar-refractivity contribution in [1.82, 2.24) is 24.6 Å². The van der Waals surface area contributed by atoms with E-state index in [-0.39, 0.29) is 5.82 Å². The van der Waals surface area contributed by atoms with E-state index in [2.05, 4.69) is 24.6 Å². The van der Waals surface area contributed by atoms with Gasteiger partial charge in [0.2, 0.25) is 0 Å². The minimum Gasteiger partial charge on any atom is -0.497 e. The van der Waals surface area contributed by atoms with Crippen LogP contribution in [0.25, 0.3) is 0 Å². The first-order valence-electron chi connectivity index (χ1n) is 9.05. The Kier molecular flexibility index (Phi) is 5.88. The van der Waals surface area contributed by atoms with Crippen molar-refractivity contribution >= 4 is 0 Å². The normalized spacial score (nSPS) is 18.5. The second kappa shape index (κ2) is 8.14. The van der Waals surface area contributed by atoms with E-state index in [0.29, 0.717) is 23.8 Å². The number of piperidine rings is 1. The number of ether oxygens (including phenoxy) is 1. The van der Waals surface area contributed by atoms with Crippen LogP contribution in [-0.2, 0) is 20.1 Å². The molecule has 0 spiro atoms. The van der Waals surface area contributed by atoms with Crippen LogP contribution < -0.4 is 4.74 Å². The van der Waals surface area contributed by atoms with Gasteiger partial charge in [-0.1, -0.05) is 0 Å². The van der Waals surface area contributed by atoms with Gasteiger partial charge in [0.1, 0.15) is 23.2 Å². The first-order valence-corrected chi connectivity index (χ1v) is 9.05. The third kappa shape index (κ3) is 4.22. The molecule has 2 heterocycles. The molecule has 0 bridgehead atoms. The van der Waals surface area contributed by atoms with Crippen molar-refractivity contribution < 1.29 is 9.13 Å². The average molecular weight is 361 g/mol. The fourth-order valence-corrected chi connectivity index (χ4v) is 3.60. The fraction of sp³-hybridized carbons (Fsp3) is 0.579. The Morgan fingerprint density at radius 3 is 2.85 bits per heavy atom. The number of hydrogen-bond acceptors (Lipinski definition) is 5. The van der Waals surface area contributed by atoms with Crippen LogP contribution in [0.3, 0.4) is 0 Å². The van der Waals surface area contributed by atoms with E-state index in [9.17, 15) is 4.39 Å². The van der Waals surface area contributed by atoms with Crippen LogP contribution in [0.15, 0.2) is 18.2 Å². The SMILES string of the molecule is COc1ccc(F)c(CN2CCC[C@H](c3nnc(CN(C)C)n3C)C2)c1. The van der Waals surface area contributed by atoms with E-state index >= 15 is 0 Å². The third-order valence-corrected chi connectivity index (χ3v) is 4.97. The summed E-state index contributed by atoms with van der Waals surface area (Å²) >= 11 is 0. The van der Waals surface area contributed by atoms with Crippen molar-refractivity contribution in [3.8, 4) is 5.75 Å². The predicted octanol–water partition coefficient (Wildman–Crippen LogP) is 2.40. The molecule has 0 saturated carbocycles. The van der Waals surface area contributed by atoms with Gasteiger partial charge >= 0.3 is 0 Å². The quantitative estimate of drug-likeness (QED) is 0.791. The smallest absolute Gasteiger partial charge is 0.146 e. The van der Waals surface area contributed by atoms with Gasteiger partial charge in [-0.15, -0.1) is 10.2 Å². The largest absolute Gasteiger partial charge is 0.497 e. The number of methoxy groups -OCH3 is 1. The summed E-state index contributed by atoms with van der Waals surface area (Å²) in [5.41, 5.74) is 0.677. The first kappa shape index (κ1) is 18.8. The van der Waals surface area contributed by atoms with Crippen molar-refractivity contribution in [2.45, 2.75) is 31.8 Å². The molecular formula is C19H28FN5O. The van der Waals surface area contributed by atoms with Gasteiger partial charge in [0.25, 0.3) is 0 Å². The zero-order valence-corrected chi connectivity index (χ0v) is 16.1. The lowest BCUT2D eigenvalue weighted by Crippen LogP contribution is -2.35. The highest BCUT2D eigenvalue weighted by Gasteiger charge is 2.26. The van der Waals surface area contributed by atoms with Crippen LogP contribution in [0.1, 0.15) is 36.0 Å². The minimum absolute atomic E-state index is 0.181. The van der Waals surface area contributed by atoms with Gasteiger partial charge in [0.05, 0.1) is 13.7 Å². The lowest BCUT2D eigenvalue weighted by Gasteiger charge is -2.32. The maximum atomic E-state index is 14.2. The molecule has 0 unspecified atom stereocenters. The number of nitrogens with zero attached hydrogens (tertiary/aromatic N) is 5. The Labute approximate surface area is 154 Å². The van der Waals surface area contributed by atoms with Crippen LogP contribution >= 0.6 is 0 Å². The van der Waals surface area contributed by atoms with E-state index in [1.54, 1.807) is 19.2 Å². The van der Waals surface area contributed by atoms with Crippen molar-refractivity contribution in [3.63, 3.8) is 0 Å². The molecule has 1 aromatic heterocycles. The summed E-state index contributed by atoms with van der Waals surface area (Å²) in [6, 6.07) is 4.92. The summed E-state index contributed by atoms with van der Waals surface area (Å²) < 4.78 is 21.5. The summed E-state index contributed by atoms with van der Waals surface area (Å²) in [7, 11) is 7.70. The molecule has 1 fully saturated rings. The Balaban J connectivity index is 1.71. The molecule has 1 atom stereocenters. The van der Waals surface area contributed by atoms with E-state index in [0.717, 1.165) is 44.1 Å². The van der Waals surface area contributed by atoms with E-state index in [1.807, 2.05) is 21.1 Å². The molecule has 0 aliphatic carbocycles. The van der Waals surface area contributed by atoms with Crippen LogP contribution in [0.5, 0.6) is 5.75 Å². The van der Waals surface area contributed by atoms with Crippen molar-refractivity contribution in [1.29, 1.82) is 0 Å². The van der Waals surface area contributed by atoms with Crippen molar-refractivity contribution in [3.05, 3.63) is 41.2 Å². The van der Waals surface area contributed by atoms with Crippen LogP contribution in [0.2, 0.25) is 0 Å². The van der Waals surface area contributed by atoms with Crippen molar-refractivity contribution in [2.24, 2.45) is 7.05 Å². The average Bonchev–Trinajstić information content (AvgIpc) is 2.97. The van der Waals surface area contributed by atoms with Gasteiger partial charge in [-0.05, 0) is 51.7 Å². The number of aromatic nitrogens is 3. The monoisotopic (exact) mass is 361 g/mol. The third-order valence-electron chi connectivity index (χ3n) is 4.97. The molecule has 6 nitrogen and oxygen atoms in total. The predicted molar refractivity (Wildman–Crippen MR) is 98.6 cm³/mol. The molecule has 142 valence electrons. The van der Waals surface area contributed by atoms with Gasteiger partial charge in [-0.3, -0.25) is 4.90 Å². The molecule has 0 amide bonds. The fourth-order valence-electron chi connectivity index (χ4n) is 3.60. The Bertz CT molecular complexity index is 746.